The van der Waals surface area contributed by atoms with Gasteiger partial charge in [0.25, 0.3) is 0 Å². The van der Waals surface area contributed by atoms with Crippen LogP contribution in [0.1, 0.15) is 47.5 Å². The molecule has 1 fully saturated rings. The molecule has 1 saturated heterocycles. The smallest absolute Gasteiger partial charge is 0.341 e. The van der Waals surface area contributed by atoms with Crippen molar-refractivity contribution < 1.29 is 27.5 Å². The summed E-state index contributed by atoms with van der Waals surface area (Å²) in [6.07, 6.45) is 3.49. The Balaban J connectivity index is 1.71. The molecule has 12 heteroatoms. The summed E-state index contributed by atoms with van der Waals surface area (Å²) in [5, 5.41) is 2.83. The Morgan fingerprint density at radius 3 is 2.40 bits per heavy atom. The molecule has 10 nitrogen and oxygen atoms in total. The number of carbonyl (C=O) groups is 3. The molecular formula is C18H26N4O6S2. The topological polar surface area (TPSA) is 125 Å². The molecule has 3 amide bonds. The number of esters is 1. The molecule has 1 aromatic heterocycles. The predicted octanol–water partition coefficient (Wildman–Crippen LogP) is 1.33. The molecule has 1 aliphatic heterocycles. The van der Waals surface area contributed by atoms with Crippen LogP contribution in [0.5, 0.6) is 0 Å². The van der Waals surface area contributed by atoms with E-state index in [2.05, 4.69) is 5.32 Å². The molecule has 0 radical (unpaired) electrons. The van der Waals surface area contributed by atoms with Crippen molar-refractivity contribution in [3.63, 3.8) is 0 Å². The lowest BCUT2D eigenvalue weighted by Gasteiger charge is -2.33. The van der Waals surface area contributed by atoms with E-state index < -0.39 is 22.2 Å². The number of piperazine rings is 1. The Morgan fingerprint density at radius 1 is 1.10 bits per heavy atom. The maximum atomic E-state index is 12.5. The number of anilines is 1. The van der Waals surface area contributed by atoms with E-state index in [0.29, 0.717) is 10.6 Å². The molecular weight excluding hydrogens is 432 g/mol. The third-order valence-corrected chi connectivity index (χ3v) is 7.82. The highest BCUT2D eigenvalue weighted by atomic mass is 32.2. The summed E-state index contributed by atoms with van der Waals surface area (Å²) in [6.45, 7) is 4.07. The minimum absolute atomic E-state index is 0.101. The van der Waals surface area contributed by atoms with Crippen molar-refractivity contribution in [1.29, 1.82) is 0 Å². The minimum atomic E-state index is -4.08. The second kappa shape index (κ2) is 9.31. The molecule has 0 unspecified atom stereocenters. The summed E-state index contributed by atoms with van der Waals surface area (Å²) >= 11 is 1.28. The van der Waals surface area contributed by atoms with Crippen LogP contribution in [-0.2, 0) is 32.6 Å². The first-order valence-corrected chi connectivity index (χ1v) is 12.1. The van der Waals surface area contributed by atoms with Gasteiger partial charge in [-0.3, -0.25) is 10.1 Å². The maximum Gasteiger partial charge on any atom is 0.341 e. The average Bonchev–Trinajstić information content (AvgIpc) is 3.05. The summed E-state index contributed by atoms with van der Waals surface area (Å²) in [5.74, 6) is -0.638. The van der Waals surface area contributed by atoms with Gasteiger partial charge in [-0.1, -0.05) is 0 Å². The molecule has 2 N–H and O–H groups in total. The lowest BCUT2D eigenvalue weighted by Crippen LogP contribution is -2.54. The number of urea groups is 1. The number of nitrogens with one attached hydrogen (secondary N) is 2. The van der Waals surface area contributed by atoms with Crippen LogP contribution in [0.4, 0.5) is 9.80 Å². The zero-order valence-corrected chi connectivity index (χ0v) is 18.7. The minimum Gasteiger partial charge on any atom is -0.462 e. The van der Waals surface area contributed by atoms with E-state index in [1.54, 1.807) is 11.8 Å². The zero-order chi connectivity index (χ0) is 21.9. The van der Waals surface area contributed by atoms with Crippen molar-refractivity contribution in [3.05, 3.63) is 16.0 Å². The molecule has 0 spiro atoms. The number of amides is 3. The summed E-state index contributed by atoms with van der Waals surface area (Å²) in [7, 11) is -4.08. The Kier molecular flexibility index (Phi) is 6.98. The monoisotopic (exact) mass is 458 g/mol. The molecule has 2 heterocycles. The summed E-state index contributed by atoms with van der Waals surface area (Å²) < 4.78 is 33.3. The van der Waals surface area contributed by atoms with Crippen LogP contribution < -0.4 is 10.0 Å². The third-order valence-electron chi connectivity index (χ3n) is 5.12. The summed E-state index contributed by atoms with van der Waals surface area (Å²) in [6, 6.07) is -0.937. The van der Waals surface area contributed by atoms with Crippen molar-refractivity contribution in [1.82, 2.24) is 13.9 Å². The van der Waals surface area contributed by atoms with Gasteiger partial charge >= 0.3 is 22.2 Å². The normalized spacial score (nSPS) is 17.2. The number of rotatable bonds is 5. The number of nitrogens with zero attached hydrogens (tertiary/aromatic N) is 2. The van der Waals surface area contributed by atoms with Gasteiger partial charge in [-0.2, -0.15) is 12.7 Å². The maximum absolute atomic E-state index is 12.5. The highest BCUT2D eigenvalue weighted by molar-refractivity contribution is 7.87. The lowest BCUT2D eigenvalue weighted by molar-refractivity contribution is -0.129. The van der Waals surface area contributed by atoms with Gasteiger partial charge in [-0.05, 0) is 38.2 Å². The van der Waals surface area contributed by atoms with E-state index in [-0.39, 0.29) is 38.7 Å². The first-order chi connectivity index (χ1) is 14.2. The Hall–Kier alpha value is -2.18. The highest BCUT2D eigenvalue weighted by Crippen LogP contribution is 2.38. The van der Waals surface area contributed by atoms with Crippen molar-refractivity contribution in [2.24, 2.45) is 0 Å². The van der Waals surface area contributed by atoms with Gasteiger partial charge in [0.1, 0.15) is 5.00 Å². The fourth-order valence-corrected chi connectivity index (χ4v) is 5.96. The molecule has 0 saturated carbocycles. The Bertz CT molecular complexity index is 935. The molecule has 1 aromatic rings. The number of fused-ring (bicyclic) bond motifs is 1. The Morgan fingerprint density at radius 2 is 1.77 bits per heavy atom. The van der Waals surface area contributed by atoms with E-state index in [0.717, 1.165) is 40.4 Å². The van der Waals surface area contributed by atoms with Crippen molar-refractivity contribution in [2.75, 3.05) is 38.1 Å². The van der Waals surface area contributed by atoms with Crippen LogP contribution in [0, 0.1) is 0 Å². The molecule has 30 heavy (non-hydrogen) atoms. The zero-order valence-electron chi connectivity index (χ0n) is 17.0. The third kappa shape index (κ3) is 4.93. The molecule has 0 bridgehead atoms. The van der Waals surface area contributed by atoms with Gasteiger partial charge in [0, 0.05) is 38.0 Å². The summed E-state index contributed by atoms with van der Waals surface area (Å²) in [5.41, 5.74) is 1.20. The first kappa shape index (κ1) is 22.5. The van der Waals surface area contributed by atoms with Gasteiger partial charge in [0.15, 0.2) is 0 Å². The lowest BCUT2D eigenvalue weighted by atomic mass is 9.95. The van der Waals surface area contributed by atoms with Crippen LogP contribution in [0.15, 0.2) is 0 Å². The van der Waals surface area contributed by atoms with Crippen LogP contribution in [0.25, 0.3) is 0 Å². The number of ether oxygens (including phenoxy) is 1. The number of aryl methyl sites for hydroxylation is 1. The number of hydrogen-bond acceptors (Lipinski definition) is 7. The van der Waals surface area contributed by atoms with E-state index in [1.165, 1.54) is 18.3 Å². The van der Waals surface area contributed by atoms with E-state index in [9.17, 15) is 22.8 Å². The fourth-order valence-electron chi connectivity index (χ4n) is 3.63. The van der Waals surface area contributed by atoms with Crippen molar-refractivity contribution >= 4 is 44.5 Å². The van der Waals surface area contributed by atoms with Crippen LogP contribution in [0.2, 0.25) is 0 Å². The van der Waals surface area contributed by atoms with Crippen molar-refractivity contribution in [3.8, 4) is 0 Å². The Labute approximate surface area is 179 Å². The van der Waals surface area contributed by atoms with Crippen LogP contribution >= 0.6 is 11.3 Å². The molecule has 2 aliphatic rings. The van der Waals surface area contributed by atoms with E-state index >= 15 is 0 Å². The number of thiophene rings is 1. The molecule has 1 aliphatic carbocycles. The second-order valence-electron chi connectivity index (χ2n) is 7.10. The van der Waals surface area contributed by atoms with E-state index in [1.807, 2.05) is 4.72 Å². The predicted molar refractivity (Wildman–Crippen MR) is 112 cm³/mol. The molecule has 166 valence electrons. The van der Waals surface area contributed by atoms with Crippen LogP contribution in [-0.4, -0.2) is 68.3 Å². The van der Waals surface area contributed by atoms with Gasteiger partial charge in [-0.15, -0.1) is 11.3 Å². The fraction of sp³-hybridized carbons (Fsp3) is 0.611. The molecule has 0 aromatic carbocycles. The number of carbonyl (C=O) groups excluding carboxylic acids is 3. The van der Waals surface area contributed by atoms with Gasteiger partial charge in [0.05, 0.1) is 12.2 Å². The largest absolute Gasteiger partial charge is 0.462 e. The van der Waals surface area contributed by atoms with Gasteiger partial charge < -0.3 is 9.64 Å². The molecule has 3 rings (SSSR count). The molecule has 0 atom stereocenters. The average molecular weight is 459 g/mol. The number of hydrogen-bond donors (Lipinski definition) is 2. The first-order valence-electron chi connectivity index (χ1n) is 9.89. The SMILES string of the molecule is CCOC(=O)c1c(NC(=O)NS(=O)(=O)N2CCN(C(C)=O)CC2)sc2c1CCCC2. The van der Waals surface area contributed by atoms with E-state index in [4.69, 9.17) is 4.74 Å². The second-order valence-corrected chi connectivity index (χ2v) is 9.88. The standard InChI is InChI=1S/C18H26N4O6S2/c1-3-28-17(24)15-13-6-4-5-7-14(13)29-16(15)19-18(25)20-30(26,27)22-10-8-21(9-11-22)12(2)23/h3-11H2,1-2H3,(H2,19,20,25). The van der Waals surface area contributed by atoms with Gasteiger partial charge in [-0.25, -0.2) is 14.3 Å². The highest BCUT2D eigenvalue weighted by Gasteiger charge is 2.31. The van der Waals surface area contributed by atoms with Crippen molar-refractivity contribution in [2.45, 2.75) is 39.5 Å². The van der Waals surface area contributed by atoms with Crippen LogP contribution in [0.3, 0.4) is 0 Å². The quantitative estimate of drug-likeness (QED) is 0.642. The summed E-state index contributed by atoms with van der Waals surface area (Å²) in [4.78, 5) is 38.9. The van der Waals surface area contributed by atoms with Gasteiger partial charge in [0.2, 0.25) is 5.91 Å².